The molecule has 2 aromatic carbocycles. The highest BCUT2D eigenvalue weighted by Crippen LogP contribution is 2.36. The number of carbonyl (C=O) groups excluding carboxylic acids is 1. The van der Waals surface area contributed by atoms with Crippen LogP contribution in [0, 0.1) is 0 Å². The molecular formula is C17H13NO5. The van der Waals surface area contributed by atoms with Gasteiger partial charge in [-0.3, -0.25) is 0 Å². The summed E-state index contributed by atoms with van der Waals surface area (Å²) in [6.45, 7) is 0.270. The first-order valence-corrected chi connectivity index (χ1v) is 7.04. The number of nitrogens with two attached hydrogens (primary N) is 1. The number of furan rings is 1. The number of amides is 1. The molecule has 1 amide bonds. The van der Waals surface area contributed by atoms with Gasteiger partial charge in [0.15, 0.2) is 18.1 Å². The van der Waals surface area contributed by atoms with Crippen molar-refractivity contribution in [2.75, 3.05) is 6.79 Å². The molecular weight excluding hydrogens is 298 g/mol. The second kappa shape index (κ2) is 5.24. The molecule has 0 aliphatic carbocycles. The Hall–Kier alpha value is -3.15. The molecule has 3 aromatic rings. The van der Waals surface area contributed by atoms with Crippen LogP contribution in [-0.2, 0) is 11.3 Å². The lowest BCUT2D eigenvalue weighted by Gasteiger charge is -2.03. The zero-order chi connectivity index (χ0) is 15.8. The van der Waals surface area contributed by atoms with Crippen LogP contribution in [0.15, 0.2) is 46.9 Å². The van der Waals surface area contributed by atoms with Gasteiger partial charge in [0.2, 0.25) is 6.79 Å². The van der Waals surface area contributed by atoms with Crippen molar-refractivity contribution in [3.63, 3.8) is 0 Å². The van der Waals surface area contributed by atoms with Crippen LogP contribution in [0.2, 0.25) is 0 Å². The van der Waals surface area contributed by atoms with Crippen molar-refractivity contribution in [2.45, 2.75) is 6.61 Å². The lowest BCUT2D eigenvalue weighted by Crippen LogP contribution is -2.12. The largest absolute Gasteiger partial charge is 0.457 e. The van der Waals surface area contributed by atoms with Crippen molar-refractivity contribution >= 4 is 17.1 Å². The molecule has 0 saturated heterocycles. The molecule has 0 spiro atoms. The first kappa shape index (κ1) is 13.5. The van der Waals surface area contributed by atoms with E-state index in [1.165, 1.54) is 0 Å². The van der Waals surface area contributed by atoms with E-state index in [1.54, 1.807) is 0 Å². The van der Waals surface area contributed by atoms with Crippen LogP contribution in [0.4, 0.5) is 4.79 Å². The SMILES string of the molecule is NC(=O)OCc1cc2cc(-c3ccc4c(c3)OCO4)ccc2o1. The van der Waals surface area contributed by atoms with Crippen LogP contribution in [0.5, 0.6) is 11.5 Å². The molecule has 0 atom stereocenters. The summed E-state index contributed by atoms with van der Waals surface area (Å²) in [5.41, 5.74) is 7.72. The second-order valence-electron chi connectivity index (χ2n) is 5.14. The Bertz CT molecular complexity index is 899. The van der Waals surface area contributed by atoms with Crippen LogP contribution < -0.4 is 15.2 Å². The number of rotatable bonds is 3. The molecule has 6 heteroatoms. The van der Waals surface area contributed by atoms with E-state index in [0.717, 1.165) is 33.6 Å². The van der Waals surface area contributed by atoms with Crippen molar-refractivity contribution in [3.8, 4) is 22.6 Å². The predicted octanol–water partition coefficient (Wildman–Crippen LogP) is 3.42. The smallest absolute Gasteiger partial charge is 0.404 e. The maximum atomic E-state index is 10.7. The topological polar surface area (TPSA) is 83.9 Å². The molecule has 0 bridgehead atoms. The van der Waals surface area contributed by atoms with E-state index < -0.39 is 6.09 Å². The van der Waals surface area contributed by atoms with Gasteiger partial charge >= 0.3 is 6.09 Å². The highest BCUT2D eigenvalue weighted by Gasteiger charge is 2.14. The van der Waals surface area contributed by atoms with Crippen molar-refractivity contribution in [1.29, 1.82) is 0 Å². The van der Waals surface area contributed by atoms with Gasteiger partial charge in [0.1, 0.15) is 11.3 Å². The van der Waals surface area contributed by atoms with Crippen LogP contribution in [-0.4, -0.2) is 12.9 Å². The van der Waals surface area contributed by atoms with E-state index in [1.807, 2.05) is 42.5 Å². The summed E-state index contributed by atoms with van der Waals surface area (Å²) in [5, 5.41) is 0.920. The van der Waals surface area contributed by atoms with Gasteiger partial charge in [0.05, 0.1) is 0 Å². The van der Waals surface area contributed by atoms with E-state index in [9.17, 15) is 4.79 Å². The average Bonchev–Trinajstić information content (AvgIpc) is 3.17. The lowest BCUT2D eigenvalue weighted by atomic mass is 10.0. The summed E-state index contributed by atoms with van der Waals surface area (Å²) < 4.78 is 21.1. The van der Waals surface area contributed by atoms with Gasteiger partial charge in [-0.15, -0.1) is 0 Å². The molecule has 0 unspecified atom stereocenters. The fourth-order valence-electron chi connectivity index (χ4n) is 2.57. The Morgan fingerprint density at radius 2 is 1.83 bits per heavy atom. The molecule has 0 radical (unpaired) electrons. The molecule has 6 nitrogen and oxygen atoms in total. The first-order valence-electron chi connectivity index (χ1n) is 7.04. The quantitative estimate of drug-likeness (QED) is 0.801. The summed E-state index contributed by atoms with van der Waals surface area (Å²) in [7, 11) is 0. The summed E-state index contributed by atoms with van der Waals surface area (Å²) in [6.07, 6.45) is -0.827. The van der Waals surface area contributed by atoms with Crippen LogP contribution in [0.1, 0.15) is 5.76 Å². The van der Waals surface area contributed by atoms with Gasteiger partial charge < -0.3 is 24.4 Å². The summed E-state index contributed by atoms with van der Waals surface area (Å²) in [4.78, 5) is 10.7. The number of primary amides is 1. The molecule has 2 heterocycles. The highest BCUT2D eigenvalue weighted by atomic mass is 16.7. The number of carbonyl (C=O) groups is 1. The first-order chi connectivity index (χ1) is 11.2. The maximum Gasteiger partial charge on any atom is 0.404 e. The summed E-state index contributed by atoms with van der Waals surface area (Å²) >= 11 is 0. The molecule has 2 N–H and O–H groups in total. The monoisotopic (exact) mass is 311 g/mol. The molecule has 1 aliphatic rings. The summed E-state index contributed by atoms with van der Waals surface area (Å²) in [5.74, 6) is 2.04. The lowest BCUT2D eigenvalue weighted by molar-refractivity contribution is 0.142. The Balaban J connectivity index is 1.67. The minimum atomic E-state index is -0.827. The Kier molecular flexibility index (Phi) is 3.08. The van der Waals surface area contributed by atoms with Crippen molar-refractivity contribution in [2.24, 2.45) is 5.73 Å². The van der Waals surface area contributed by atoms with E-state index in [0.29, 0.717) is 5.76 Å². The normalized spacial score (nSPS) is 12.5. The van der Waals surface area contributed by atoms with E-state index >= 15 is 0 Å². The molecule has 23 heavy (non-hydrogen) atoms. The summed E-state index contributed by atoms with van der Waals surface area (Å²) in [6, 6.07) is 13.5. The molecule has 1 aliphatic heterocycles. The van der Waals surface area contributed by atoms with Crippen LogP contribution >= 0.6 is 0 Å². The van der Waals surface area contributed by atoms with E-state index in [4.69, 9.17) is 24.4 Å². The van der Waals surface area contributed by atoms with Crippen LogP contribution in [0.25, 0.3) is 22.1 Å². The standard InChI is InChI=1S/C17H13NO5/c18-17(19)20-8-13-6-12-5-10(1-3-14(12)23-13)11-2-4-15-16(7-11)22-9-21-15/h1-7H,8-9H2,(H2,18,19). The molecule has 1 aromatic heterocycles. The van der Waals surface area contributed by atoms with Crippen molar-refractivity contribution in [1.82, 2.24) is 0 Å². The van der Waals surface area contributed by atoms with Gasteiger partial charge in [0, 0.05) is 5.39 Å². The number of hydrogen-bond acceptors (Lipinski definition) is 5. The number of ether oxygens (including phenoxy) is 3. The predicted molar refractivity (Wildman–Crippen MR) is 82.1 cm³/mol. The zero-order valence-electron chi connectivity index (χ0n) is 12.1. The average molecular weight is 311 g/mol. The Morgan fingerprint density at radius 3 is 2.70 bits per heavy atom. The fraction of sp³-hybridized carbons (Fsp3) is 0.118. The second-order valence-corrected chi connectivity index (χ2v) is 5.14. The third-order valence-corrected chi connectivity index (χ3v) is 3.63. The van der Waals surface area contributed by atoms with Gasteiger partial charge in [-0.25, -0.2) is 4.79 Å². The third kappa shape index (κ3) is 2.55. The molecule has 0 fully saturated rings. The number of fused-ring (bicyclic) bond motifs is 2. The van der Waals surface area contributed by atoms with Gasteiger partial charge in [-0.05, 0) is 41.5 Å². The van der Waals surface area contributed by atoms with Crippen molar-refractivity contribution < 1.29 is 23.4 Å². The number of benzene rings is 2. The van der Waals surface area contributed by atoms with E-state index in [-0.39, 0.29) is 13.4 Å². The van der Waals surface area contributed by atoms with E-state index in [2.05, 4.69) is 0 Å². The molecule has 0 saturated carbocycles. The van der Waals surface area contributed by atoms with Gasteiger partial charge in [-0.2, -0.15) is 0 Å². The maximum absolute atomic E-state index is 10.7. The minimum absolute atomic E-state index is 0.0172. The number of hydrogen-bond donors (Lipinski definition) is 1. The molecule has 116 valence electrons. The van der Waals surface area contributed by atoms with Crippen molar-refractivity contribution in [3.05, 3.63) is 48.2 Å². The van der Waals surface area contributed by atoms with Gasteiger partial charge in [0.25, 0.3) is 0 Å². The minimum Gasteiger partial charge on any atom is -0.457 e. The Morgan fingerprint density at radius 1 is 1.04 bits per heavy atom. The third-order valence-electron chi connectivity index (χ3n) is 3.63. The van der Waals surface area contributed by atoms with Crippen LogP contribution in [0.3, 0.4) is 0 Å². The fourth-order valence-corrected chi connectivity index (χ4v) is 2.57. The highest BCUT2D eigenvalue weighted by molar-refractivity contribution is 5.84. The molecule has 4 rings (SSSR count). The zero-order valence-corrected chi connectivity index (χ0v) is 12.1. The van der Waals surface area contributed by atoms with Gasteiger partial charge in [-0.1, -0.05) is 12.1 Å². The Labute approximate surface area is 131 Å².